The van der Waals surface area contributed by atoms with E-state index in [1.165, 1.54) is 0 Å². The fourth-order valence-electron chi connectivity index (χ4n) is 2.23. The number of Topliss-reactive ketones (excluding diaryl/α,β-unsaturated/α-hetero) is 1. The number of carbonyl (C=O) groups is 1. The second kappa shape index (κ2) is 4.88. The molecule has 0 bridgehead atoms. The highest BCUT2D eigenvalue weighted by atomic mass is 35.5. The molecule has 2 rings (SSSR count). The van der Waals surface area contributed by atoms with E-state index >= 15 is 0 Å². The van der Waals surface area contributed by atoms with Crippen LogP contribution in [0.1, 0.15) is 31.2 Å². The van der Waals surface area contributed by atoms with Crippen LogP contribution in [0, 0.1) is 5.92 Å². The van der Waals surface area contributed by atoms with Crippen molar-refractivity contribution in [3.8, 4) is 5.75 Å². The predicted octanol–water partition coefficient (Wildman–Crippen LogP) is 3.35. The Kier molecular flexibility index (Phi) is 3.49. The predicted molar refractivity (Wildman–Crippen MR) is 63.8 cm³/mol. The molecular weight excluding hydrogens is 224 g/mol. The van der Waals surface area contributed by atoms with Crippen molar-refractivity contribution in [2.45, 2.75) is 32.1 Å². The van der Waals surface area contributed by atoms with Crippen LogP contribution in [0.4, 0.5) is 0 Å². The van der Waals surface area contributed by atoms with Gasteiger partial charge in [-0.15, -0.1) is 0 Å². The second-order valence-electron chi connectivity index (χ2n) is 4.40. The number of ketones is 1. The Hall–Kier alpha value is -1.02. The lowest BCUT2D eigenvalue weighted by Gasteiger charge is -2.20. The molecule has 1 fully saturated rings. The summed E-state index contributed by atoms with van der Waals surface area (Å²) in [5.41, 5.74) is 1.03. The lowest BCUT2D eigenvalue weighted by Crippen LogP contribution is -2.20. The minimum absolute atomic E-state index is 0.0976. The smallest absolute Gasteiger partial charge is 0.136 e. The molecule has 0 amide bonds. The van der Waals surface area contributed by atoms with Gasteiger partial charge in [0.25, 0.3) is 0 Å². The Morgan fingerprint density at radius 2 is 2.19 bits per heavy atom. The van der Waals surface area contributed by atoms with Crippen molar-refractivity contribution in [3.63, 3.8) is 0 Å². The molecule has 0 spiro atoms. The zero-order valence-electron chi connectivity index (χ0n) is 9.08. The number of rotatable bonds is 2. The summed E-state index contributed by atoms with van der Waals surface area (Å²) in [4.78, 5) is 11.7. The summed E-state index contributed by atoms with van der Waals surface area (Å²) in [6.07, 6.45) is 4.63. The number of phenols is 1. The zero-order valence-corrected chi connectivity index (χ0v) is 9.83. The first-order chi connectivity index (χ1) is 7.66. The van der Waals surface area contributed by atoms with Gasteiger partial charge in [-0.1, -0.05) is 24.1 Å². The van der Waals surface area contributed by atoms with Crippen molar-refractivity contribution in [2.75, 3.05) is 0 Å². The van der Waals surface area contributed by atoms with Gasteiger partial charge in [-0.25, -0.2) is 0 Å². The van der Waals surface area contributed by atoms with Gasteiger partial charge in [0.05, 0.1) is 5.02 Å². The molecule has 1 aromatic carbocycles. The Balaban J connectivity index is 2.08. The molecule has 1 atom stereocenters. The maximum Gasteiger partial charge on any atom is 0.136 e. The molecule has 0 aromatic heterocycles. The van der Waals surface area contributed by atoms with Crippen molar-refractivity contribution in [2.24, 2.45) is 5.92 Å². The van der Waals surface area contributed by atoms with E-state index in [0.717, 1.165) is 37.7 Å². The molecule has 2 nitrogen and oxygen atoms in total. The van der Waals surface area contributed by atoms with Gasteiger partial charge in [0.15, 0.2) is 0 Å². The van der Waals surface area contributed by atoms with Gasteiger partial charge in [0.2, 0.25) is 0 Å². The molecule has 1 N–H and O–H groups in total. The van der Waals surface area contributed by atoms with E-state index in [-0.39, 0.29) is 11.7 Å². The van der Waals surface area contributed by atoms with Crippen LogP contribution >= 0.6 is 11.6 Å². The van der Waals surface area contributed by atoms with Crippen LogP contribution < -0.4 is 0 Å². The van der Waals surface area contributed by atoms with Crippen LogP contribution in [0.15, 0.2) is 18.2 Å². The van der Waals surface area contributed by atoms with E-state index < -0.39 is 0 Å². The number of hydrogen-bond donors (Lipinski definition) is 1. The number of hydrogen-bond acceptors (Lipinski definition) is 2. The molecule has 0 radical (unpaired) electrons. The summed E-state index contributed by atoms with van der Waals surface area (Å²) in [6, 6.07) is 5.17. The van der Waals surface area contributed by atoms with Crippen molar-refractivity contribution in [1.29, 1.82) is 0 Å². The molecule has 1 unspecified atom stereocenters. The quantitative estimate of drug-likeness (QED) is 0.858. The largest absolute Gasteiger partial charge is 0.506 e. The fraction of sp³-hybridized carbons (Fsp3) is 0.462. The fourth-order valence-corrected chi connectivity index (χ4v) is 2.44. The standard InChI is InChI=1S/C13H15ClO2/c14-11-8-9(5-6-13(11)16)7-10-3-1-2-4-12(10)15/h5-6,8,10,16H,1-4,7H2. The monoisotopic (exact) mass is 238 g/mol. The summed E-state index contributed by atoms with van der Waals surface area (Å²) in [5.74, 6) is 0.616. The van der Waals surface area contributed by atoms with E-state index in [0.29, 0.717) is 10.8 Å². The second-order valence-corrected chi connectivity index (χ2v) is 4.81. The Morgan fingerprint density at radius 3 is 2.88 bits per heavy atom. The first-order valence-corrected chi connectivity index (χ1v) is 6.04. The molecule has 1 aliphatic carbocycles. The third-order valence-corrected chi connectivity index (χ3v) is 3.48. The van der Waals surface area contributed by atoms with Gasteiger partial charge in [0, 0.05) is 12.3 Å². The maximum atomic E-state index is 11.7. The lowest BCUT2D eigenvalue weighted by molar-refractivity contribution is -0.124. The summed E-state index contributed by atoms with van der Waals surface area (Å²) >= 11 is 5.83. The summed E-state index contributed by atoms with van der Waals surface area (Å²) in [5, 5.41) is 9.66. The van der Waals surface area contributed by atoms with E-state index in [4.69, 9.17) is 11.6 Å². The van der Waals surface area contributed by atoms with Crippen LogP contribution in [-0.4, -0.2) is 10.9 Å². The Morgan fingerprint density at radius 1 is 1.38 bits per heavy atom. The number of benzene rings is 1. The highest BCUT2D eigenvalue weighted by molar-refractivity contribution is 6.32. The molecule has 0 heterocycles. The molecule has 3 heteroatoms. The zero-order chi connectivity index (χ0) is 11.5. The average molecular weight is 239 g/mol. The van der Waals surface area contributed by atoms with Crippen molar-refractivity contribution < 1.29 is 9.90 Å². The summed E-state index contributed by atoms with van der Waals surface area (Å²) in [7, 11) is 0. The van der Waals surface area contributed by atoms with E-state index in [1.54, 1.807) is 12.1 Å². The normalized spacial score (nSPS) is 21.1. The topological polar surface area (TPSA) is 37.3 Å². The lowest BCUT2D eigenvalue weighted by atomic mass is 9.84. The molecule has 1 aliphatic rings. The van der Waals surface area contributed by atoms with Gasteiger partial charge in [-0.05, 0) is 37.0 Å². The molecule has 86 valence electrons. The molecule has 16 heavy (non-hydrogen) atoms. The van der Waals surface area contributed by atoms with Gasteiger partial charge in [-0.2, -0.15) is 0 Å². The number of carbonyl (C=O) groups excluding carboxylic acids is 1. The van der Waals surface area contributed by atoms with Crippen molar-refractivity contribution >= 4 is 17.4 Å². The van der Waals surface area contributed by atoms with E-state index in [1.807, 2.05) is 6.07 Å². The van der Waals surface area contributed by atoms with E-state index in [9.17, 15) is 9.90 Å². The first kappa shape index (κ1) is 11.5. The van der Waals surface area contributed by atoms with Gasteiger partial charge >= 0.3 is 0 Å². The van der Waals surface area contributed by atoms with Crippen LogP contribution in [0.2, 0.25) is 5.02 Å². The summed E-state index contributed by atoms with van der Waals surface area (Å²) in [6.45, 7) is 0. The molecule has 0 saturated heterocycles. The molecule has 0 aliphatic heterocycles. The van der Waals surface area contributed by atoms with Crippen LogP contribution in [0.25, 0.3) is 0 Å². The van der Waals surface area contributed by atoms with Crippen LogP contribution in [0.5, 0.6) is 5.75 Å². The van der Waals surface area contributed by atoms with Gasteiger partial charge in [-0.3, -0.25) is 4.79 Å². The minimum Gasteiger partial charge on any atom is -0.506 e. The Labute approximate surface area is 100 Å². The van der Waals surface area contributed by atoms with E-state index in [2.05, 4.69) is 0 Å². The SMILES string of the molecule is O=C1CCCCC1Cc1ccc(O)c(Cl)c1. The Bertz CT molecular complexity index is 401. The van der Waals surface area contributed by atoms with Gasteiger partial charge in [0.1, 0.15) is 11.5 Å². The highest BCUT2D eigenvalue weighted by Crippen LogP contribution is 2.28. The number of aromatic hydroxyl groups is 1. The summed E-state index contributed by atoms with van der Waals surface area (Å²) < 4.78 is 0. The van der Waals surface area contributed by atoms with Crippen LogP contribution in [0.3, 0.4) is 0 Å². The number of phenolic OH excluding ortho intramolecular Hbond substituents is 1. The molecule has 1 saturated carbocycles. The van der Waals surface area contributed by atoms with Crippen molar-refractivity contribution in [3.05, 3.63) is 28.8 Å². The molecule has 1 aromatic rings. The maximum absolute atomic E-state index is 11.7. The third-order valence-electron chi connectivity index (χ3n) is 3.18. The van der Waals surface area contributed by atoms with Crippen LogP contribution in [-0.2, 0) is 11.2 Å². The first-order valence-electron chi connectivity index (χ1n) is 5.67. The highest BCUT2D eigenvalue weighted by Gasteiger charge is 2.22. The minimum atomic E-state index is 0.0976. The van der Waals surface area contributed by atoms with Gasteiger partial charge < -0.3 is 5.11 Å². The van der Waals surface area contributed by atoms with Crippen molar-refractivity contribution in [1.82, 2.24) is 0 Å². The molecular formula is C13H15ClO2. The number of halogens is 1. The third kappa shape index (κ3) is 2.56. The average Bonchev–Trinajstić information content (AvgIpc) is 2.27.